The minimum Gasteiger partial charge on any atom is -0.490 e. The molecular formula is C19H20N2O3. The van der Waals surface area contributed by atoms with Gasteiger partial charge in [-0.25, -0.2) is 0 Å². The van der Waals surface area contributed by atoms with Crippen molar-refractivity contribution in [3.05, 3.63) is 53.1 Å². The summed E-state index contributed by atoms with van der Waals surface area (Å²) in [7, 11) is 0. The highest BCUT2D eigenvalue weighted by molar-refractivity contribution is 5.92. The molecule has 0 heterocycles. The molecule has 0 aliphatic carbocycles. The van der Waals surface area contributed by atoms with Crippen molar-refractivity contribution in [2.24, 2.45) is 0 Å². The number of amides is 1. The summed E-state index contributed by atoms with van der Waals surface area (Å²) in [5.74, 6) is 0.633. The molecule has 0 saturated heterocycles. The van der Waals surface area contributed by atoms with E-state index in [-0.39, 0.29) is 12.5 Å². The predicted molar refractivity (Wildman–Crippen MR) is 92.4 cm³/mol. The van der Waals surface area contributed by atoms with E-state index in [2.05, 4.69) is 5.32 Å². The first kappa shape index (κ1) is 17.4. The van der Waals surface area contributed by atoms with E-state index in [9.17, 15) is 4.79 Å². The zero-order chi connectivity index (χ0) is 17.5. The lowest BCUT2D eigenvalue weighted by Gasteiger charge is -2.12. The zero-order valence-corrected chi connectivity index (χ0v) is 14.1. The molecule has 5 heteroatoms. The lowest BCUT2D eigenvalue weighted by Crippen LogP contribution is -2.20. The maximum Gasteiger partial charge on any atom is 0.262 e. The first-order valence-electron chi connectivity index (χ1n) is 7.69. The number of carbonyl (C=O) groups is 1. The monoisotopic (exact) mass is 324 g/mol. The van der Waals surface area contributed by atoms with Crippen LogP contribution in [-0.4, -0.2) is 19.1 Å². The summed E-state index contributed by atoms with van der Waals surface area (Å²) in [6, 6.07) is 12.7. The maximum atomic E-state index is 12.1. The lowest BCUT2D eigenvalue weighted by atomic mass is 10.1. The molecule has 0 radical (unpaired) electrons. The van der Waals surface area contributed by atoms with E-state index in [4.69, 9.17) is 14.7 Å². The Morgan fingerprint density at radius 1 is 1.08 bits per heavy atom. The van der Waals surface area contributed by atoms with Crippen LogP contribution in [0.2, 0.25) is 0 Å². The fourth-order valence-corrected chi connectivity index (χ4v) is 2.35. The van der Waals surface area contributed by atoms with Gasteiger partial charge in [0.25, 0.3) is 5.91 Å². The molecule has 2 rings (SSSR count). The van der Waals surface area contributed by atoms with Gasteiger partial charge >= 0.3 is 0 Å². The van der Waals surface area contributed by atoms with Gasteiger partial charge in [0.1, 0.15) is 0 Å². The van der Waals surface area contributed by atoms with E-state index >= 15 is 0 Å². The van der Waals surface area contributed by atoms with Crippen LogP contribution in [0.3, 0.4) is 0 Å². The van der Waals surface area contributed by atoms with Gasteiger partial charge in [-0.2, -0.15) is 5.26 Å². The molecule has 0 atom stereocenters. The van der Waals surface area contributed by atoms with E-state index in [1.165, 1.54) is 0 Å². The Kier molecular flexibility index (Phi) is 5.80. The first-order valence-corrected chi connectivity index (χ1v) is 7.69. The largest absolute Gasteiger partial charge is 0.490 e. The molecule has 2 aromatic carbocycles. The number of aryl methyl sites for hydroxylation is 2. The van der Waals surface area contributed by atoms with Gasteiger partial charge in [0.15, 0.2) is 18.1 Å². The van der Waals surface area contributed by atoms with Crippen LogP contribution < -0.4 is 14.8 Å². The van der Waals surface area contributed by atoms with Crippen molar-refractivity contribution < 1.29 is 14.3 Å². The number of carbonyl (C=O) groups excluding carboxylic acids is 1. The average Bonchev–Trinajstić information content (AvgIpc) is 2.53. The van der Waals surface area contributed by atoms with Crippen LogP contribution in [0, 0.1) is 25.2 Å². The minimum atomic E-state index is -0.258. The molecule has 0 aliphatic heterocycles. The van der Waals surface area contributed by atoms with Gasteiger partial charge in [-0.05, 0) is 56.2 Å². The molecule has 124 valence electrons. The van der Waals surface area contributed by atoms with Gasteiger partial charge in [0.05, 0.1) is 18.2 Å². The second-order valence-electron chi connectivity index (χ2n) is 5.42. The Morgan fingerprint density at radius 2 is 1.79 bits per heavy atom. The highest BCUT2D eigenvalue weighted by Gasteiger charge is 2.10. The highest BCUT2D eigenvalue weighted by Crippen LogP contribution is 2.28. The molecule has 0 aromatic heterocycles. The molecule has 0 spiro atoms. The third-order valence-corrected chi connectivity index (χ3v) is 3.24. The zero-order valence-electron chi connectivity index (χ0n) is 14.1. The van der Waals surface area contributed by atoms with Crippen LogP contribution in [0.15, 0.2) is 36.4 Å². The van der Waals surface area contributed by atoms with Crippen LogP contribution >= 0.6 is 0 Å². The van der Waals surface area contributed by atoms with Gasteiger partial charge < -0.3 is 14.8 Å². The van der Waals surface area contributed by atoms with Crippen molar-refractivity contribution >= 4 is 11.6 Å². The van der Waals surface area contributed by atoms with Gasteiger partial charge in [-0.15, -0.1) is 0 Å². The molecule has 0 fully saturated rings. The Balaban J connectivity index is 2.02. The summed E-state index contributed by atoms with van der Waals surface area (Å²) >= 11 is 0. The minimum absolute atomic E-state index is 0.140. The molecule has 24 heavy (non-hydrogen) atoms. The van der Waals surface area contributed by atoms with Gasteiger partial charge in [0, 0.05) is 11.8 Å². The quantitative estimate of drug-likeness (QED) is 0.881. The number of nitrogens with one attached hydrogen (secondary N) is 1. The molecule has 2 aromatic rings. The maximum absolute atomic E-state index is 12.1. The average molecular weight is 324 g/mol. The van der Waals surface area contributed by atoms with Crippen LogP contribution in [0.1, 0.15) is 23.6 Å². The van der Waals surface area contributed by atoms with Gasteiger partial charge in [0.2, 0.25) is 0 Å². The number of ether oxygens (including phenoxy) is 2. The van der Waals surface area contributed by atoms with E-state index in [0.29, 0.717) is 23.7 Å². The summed E-state index contributed by atoms with van der Waals surface area (Å²) in [5.41, 5.74) is 3.38. The molecule has 1 N–H and O–H groups in total. The molecule has 0 aliphatic rings. The summed E-state index contributed by atoms with van der Waals surface area (Å²) in [6.45, 7) is 6.10. The topological polar surface area (TPSA) is 71.3 Å². The second-order valence-corrected chi connectivity index (χ2v) is 5.42. The number of anilines is 1. The van der Waals surface area contributed by atoms with Crippen LogP contribution in [-0.2, 0) is 4.79 Å². The Morgan fingerprint density at radius 3 is 2.42 bits per heavy atom. The lowest BCUT2D eigenvalue weighted by molar-refractivity contribution is -0.118. The number of hydrogen-bond acceptors (Lipinski definition) is 4. The van der Waals surface area contributed by atoms with E-state index in [1.807, 2.05) is 45.0 Å². The van der Waals surface area contributed by atoms with Crippen molar-refractivity contribution in [2.45, 2.75) is 20.8 Å². The van der Waals surface area contributed by atoms with E-state index in [0.717, 1.165) is 16.8 Å². The summed E-state index contributed by atoms with van der Waals surface area (Å²) in [6.07, 6.45) is 0. The first-order chi connectivity index (χ1) is 11.5. The van der Waals surface area contributed by atoms with Crippen molar-refractivity contribution in [3.63, 3.8) is 0 Å². The Hall–Kier alpha value is -3.00. The third kappa shape index (κ3) is 4.75. The van der Waals surface area contributed by atoms with Gasteiger partial charge in [-0.3, -0.25) is 4.79 Å². The van der Waals surface area contributed by atoms with Crippen molar-refractivity contribution in [2.75, 3.05) is 18.5 Å². The van der Waals surface area contributed by atoms with E-state index < -0.39 is 0 Å². The summed E-state index contributed by atoms with van der Waals surface area (Å²) < 4.78 is 11.0. The molecule has 0 unspecified atom stereocenters. The second kappa shape index (κ2) is 8.02. The fourth-order valence-electron chi connectivity index (χ4n) is 2.35. The number of nitrogens with zero attached hydrogens (tertiary/aromatic N) is 1. The predicted octanol–water partition coefficient (Wildman–Crippen LogP) is 3.59. The number of rotatable bonds is 6. The summed E-state index contributed by atoms with van der Waals surface area (Å²) in [4.78, 5) is 12.1. The molecule has 0 saturated carbocycles. The highest BCUT2D eigenvalue weighted by atomic mass is 16.5. The SMILES string of the molecule is CCOc1cc(C#N)ccc1OCC(=O)Nc1cc(C)cc(C)c1. The summed E-state index contributed by atoms with van der Waals surface area (Å²) in [5, 5.41) is 11.7. The number of nitriles is 1. The van der Waals surface area contributed by atoms with E-state index in [1.54, 1.807) is 18.2 Å². The normalized spacial score (nSPS) is 9.92. The molecular weight excluding hydrogens is 304 g/mol. The number of hydrogen-bond donors (Lipinski definition) is 1. The molecule has 5 nitrogen and oxygen atoms in total. The molecule has 1 amide bonds. The smallest absolute Gasteiger partial charge is 0.262 e. The number of benzene rings is 2. The Bertz CT molecular complexity index is 758. The van der Waals surface area contributed by atoms with Crippen molar-refractivity contribution in [1.82, 2.24) is 0 Å². The van der Waals surface area contributed by atoms with Crippen molar-refractivity contribution in [1.29, 1.82) is 5.26 Å². The fraction of sp³-hybridized carbons (Fsp3) is 0.263. The standard InChI is InChI=1S/C19H20N2O3/c1-4-23-18-10-15(11-20)5-6-17(18)24-12-19(22)21-16-8-13(2)7-14(3)9-16/h5-10H,4,12H2,1-3H3,(H,21,22). The van der Waals surface area contributed by atoms with Crippen LogP contribution in [0.4, 0.5) is 5.69 Å². The van der Waals surface area contributed by atoms with Crippen LogP contribution in [0.25, 0.3) is 0 Å². The third-order valence-electron chi connectivity index (χ3n) is 3.24. The van der Waals surface area contributed by atoms with Crippen molar-refractivity contribution in [3.8, 4) is 17.6 Å². The Labute approximate surface area is 141 Å². The molecule has 0 bridgehead atoms. The van der Waals surface area contributed by atoms with Crippen LogP contribution in [0.5, 0.6) is 11.5 Å². The van der Waals surface area contributed by atoms with Gasteiger partial charge in [-0.1, -0.05) is 6.07 Å².